The second-order valence-electron chi connectivity index (χ2n) is 7.71. The van der Waals surface area contributed by atoms with Gasteiger partial charge in [0.15, 0.2) is 0 Å². The Morgan fingerprint density at radius 1 is 1.10 bits per heavy atom. The van der Waals surface area contributed by atoms with Crippen molar-refractivity contribution in [3.8, 4) is 0 Å². The molecule has 4 rings (SSSR count). The number of amides is 5. The van der Waals surface area contributed by atoms with Gasteiger partial charge in [-0.2, -0.15) is 0 Å². The van der Waals surface area contributed by atoms with Gasteiger partial charge in [0.2, 0.25) is 17.7 Å². The largest absolute Gasteiger partial charge is 0.375 e. The number of nitrogens with one attached hydrogen (secondary N) is 2. The number of piperazine rings is 1. The number of nitrogens with zero attached hydrogens (tertiary/aromatic N) is 3. The second kappa shape index (κ2) is 7.86. The number of hydrogen-bond acceptors (Lipinski definition) is 7. The molecule has 2 fully saturated rings. The zero-order chi connectivity index (χ0) is 21.4. The van der Waals surface area contributed by atoms with E-state index in [2.05, 4.69) is 15.5 Å². The predicted octanol–water partition coefficient (Wildman–Crippen LogP) is -0.726. The van der Waals surface area contributed by atoms with Crippen LogP contribution in [0.5, 0.6) is 0 Å². The van der Waals surface area contributed by atoms with Gasteiger partial charge >= 0.3 is 0 Å². The molecular weight excluding hydrogens is 390 g/mol. The molecule has 3 heterocycles. The number of piperidine rings is 1. The third-order valence-electron chi connectivity index (χ3n) is 5.75. The van der Waals surface area contributed by atoms with Crippen LogP contribution in [-0.4, -0.2) is 90.0 Å². The fraction of sp³-hybridized carbons (Fsp3) is 0.450. The maximum absolute atomic E-state index is 13.0. The Hall–Kier alpha value is -3.27. The Kier molecular flexibility index (Phi) is 5.25. The van der Waals surface area contributed by atoms with Gasteiger partial charge < -0.3 is 15.1 Å². The van der Waals surface area contributed by atoms with Crippen molar-refractivity contribution in [1.82, 2.24) is 20.0 Å². The number of carbonyl (C=O) groups excluding carboxylic acids is 5. The lowest BCUT2D eigenvalue weighted by Gasteiger charge is -2.32. The molecule has 2 N–H and O–H groups in total. The Morgan fingerprint density at radius 3 is 2.53 bits per heavy atom. The van der Waals surface area contributed by atoms with E-state index in [4.69, 9.17) is 0 Å². The standard InChI is InChI=1S/C20H23N5O5/c1-23-7-9-24(10-8-23)16(27)11-21-13-4-2-3-12-17(13)20(30)25(19(12)29)14-5-6-15(26)22-18(14)28/h2-4,14,21H,5-11H2,1H3,(H,22,26,28). The van der Waals surface area contributed by atoms with Gasteiger partial charge in [0.25, 0.3) is 11.8 Å². The molecule has 3 aliphatic rings. The van der Waals surface area contributed by atoms with Crippen LogP contribution in [-0.2, 0) is 14.4 Å². The Morgan fingerprint density at radius 2 is 1.83 bits per heavy atom. The Balaban J connectivity index is 1.50. The van der Waals surface area contributed by atoms with E-state index in [0.29, 0.717) is 18.8 Å². The number of fused-ring (bicyclic) bond motifs is 1. The molecule has 2 saturated heterocycles. The van der Waals surface area contributed by atoms with Gasteiger partial charge in [0.05, 0.1) is 17.7 Å². The summed E-state index contributed by atoms with van der Waals surface area (Å²) in [5, 5.41) is 5.16. The number of rotatable bonds is 4. The normalized spacial score (nSPS) is 22.2. The predicted molar refractivity (Wildman–Crippen MR) is 106 cm³/mol. The molecule has 10 heteroatoms. The van der Waals surface area contributed by atoms with E-state index < -0.39 is 29.7 Å². The van der Waals surface area contributed by atoms with E-state index in [9.17, 15) is 24.0 Å². The first kappa shape index (κ1) is 20.0. The van der Waals surface area contributed by atoms with Crippen molar-refractivity contribution in [2.45, 2.75) is 18.9 Å². The van der Waals surface area contributed by atoms with E-state index in [1.165, 1.54) is 6.07 Å². The first-order valence-corrected chi connectivity index (χ1v) is 9.91. The summed E-state index contributed by atoms with van der Waals surface area (Å²) < 4.78 is 0. The quantitative estimate of drug-likeness (QED) is 0.625. The van der Waals surface area contributed by atoms with Crippen LogP contribution < -0.4 is 10.6 Å². The second-order valence-corrected chi connectivity index (χ2v) is 7.71. The summed E-state index contributed by atoms with van der Waals surface area (Å²) in [6, 6.07) is 3.76. The van der Waals surface area contributed by atoms with Crippen LogP contribution in [0.15, 0.2) is 18.2 Å². The van der Waals surface area contributed by atoms with Crippen LogP contribution in [0.2, 0.25) is 0 Å². The molecule has 0 spiro atoms. The highest BCUT2D eigenvalue weighted by Gasteiger charge is 2.45. The number of benzene rings is 1. The van der Waals surface area contributed by atoms with Gasteiger partial charge in [-0.25, -0.2) is 0 Å². The fourth-order valence-corrected chi connectivity index (χ4v) is 4.00. The first-order chi connectivity index (χ1) is 14.4. The van der Waals surface area contributed by atoms with Crippen LogP contribution in [0, 0.1) is 0 Å². The molecule has 0 aliphatic carbocycles. The summed E-state index contributed by atoms with van der Waals surface area (Å²) in [4.78, 5) is 66.8. The molecule has 1 aromatic rings. The maximum Gasteiger partial charge on any atom is 0.264 e. The van der Waals surface area contributed by atoms with Gasteiger partial charge in [-0.05, 0) is 25.6 Å². The highest BCUT2D eigenvalue weighted by atomic mass is 16.2. The molecular formula is C20H23N5O5. The van der Waals surface area contributed by atoms with Crippen molar-refractivity contribution in [2.24, 2.45) is 0 Å². The summed E-state index contributed by atoms with van der Waals surface area (Å²) in [5.41, 5.74) is 0.711. The molecule has 5 amide bonds. The minimum atomic E-state index is -1.02. The fourth-order valence-electron chi connectivity index (χ4n) is 4.00. The number of likely N-dealkylation sites (N-methyl/N-ethyl adjacent to an activating group) is 1. The van der Waals surface area contributed by atoms with Crippen LogP contribution in [0.4, 0.5) is 5.69 Å². The number of hydrogen-bond donors (Lipinski definition) is 2. The van der Waals surface area contributed by atoms with Crippen molar-refractivity contribution in [3.63, 3.8) is 0 Å². The Labute approximate surface area is 173 Å². The van der Waals surface area contributed by atoms with E-state index >= 15 is 0 Å². The van der Waals surface area contributed by atoms with E-state index in [0.717, 1.165) is 18.0 Å². The Bertz CT molecular complexity index is 938. The number of carbonyl (C=O) groups is 5. The molecule has 3 aliphatic heterocycles. The maximum atomic E-state index is 13.0. The number of anilines is 1. The van der Waals surface area contributed by atoms with Gasteiger partial charge in [0.1, 0.15) is 6.04 Å². The van der Waals surface area contributed by atoms with Gasteiger partial charge in [-0.1, -0.05) is 6.07 Å². The smallest absolute Gasteiger partial charge is 0.264 e. The average Bonchev–Trinajstić information content (AvgIpc) is 2.98. The molecule has 0 saturated carbocycles. The lowest BCUT2D eigenvalue weighted by molar-refractivity contribution is -0.136. The molecule has 158 valence electrons. The SMILES string of the molecule is CN1CCN(C(=O)CNc2cccc3c2C(=O)N(C2CCC(=O)NC2=O)C3=O)CC1. The van der Waals surface area contributed by atoms with Crippen molar-refractivity contribution in [1.29, 1.82) is 0 Å². The lowest BCUT2D eigenvalue weighted by Crippen LogP contribution is -2.54. The average molecular weight is 413 g/mol. The minimum absolute atomic E-state index is 0.0000542. The minimum Gasteiger partial charge on any atom is -0.375 e. The molecule has 1 unspecified atom stereocenters. The third-order valence-corrected chi connectivity index (χ3v) is 5.75. The van der Waals surface area contributed by atoms with Crippen molar-refractivity contribution < 1.29 is 24.0 Å². The zero-order valence-electron chi connectivity index (χ0n) is 16.6. The molecule has 1 aromatic carbocycles. The highest BCUT2D eigenvalue weighted by Crippen LogP contribution is 2.32. The van der Waals surface area contributed by atoms with Crippen LogP contribution in [0.3, 0.4) is 0 Å². The molecule has 10 nitrogen and oxygen atoms in total. The molecule has 0 radical (unpaired) electrons. The van der Waals surface area contributed by atoms with E-state index in [-0.39, 0.29) is 36.4 Å². The van der Waals surface area contributed by atoms with Gasteiger partial charge in [0, 0.05) is 38.3 Å². The van der Waals surface area contributed by atoms with Gasteiger partial charge in [-0.3, -0.25) is 34.2 Å². The lowest BCUT2D eigenvalue weighted by atomic mass is 10.0. The van der Waals surface area contributed by atoms with Crippen molar-refractivity contribution in [3.05, 3.63) is 29.3 Å². The summed E-state index contributed by atoms with van der Waals surface area (Å²) in [5.74, 6) is -2.32. The molecule has 1 atom stereocenters. The van der Waals surface area contributed by atoms with E-state index in [1.807, 2.05) is 7.05 Å². The van der Waals surface area contributed by atoms with Crippen LogP contribution >= 0.6 is 0 Å². The number of imide groups is 2. The third kappa shape index (κ3) is 3.54. The molecule has 0 bridgehead atoms. The highest BCUT2D eigenvalue weighted by molar-refractivity contribution is 6.25. The summed E-state index contributed by atoms with van der Waals surface area (Å²) in [6.07, 6.45) is 0.162. The summed E-state index contributed by atoms with van der Waals surface area (Å²) in [7, 11) is 2.00. The molecule has 0 aromatic heterocycles. The molecule has 30 heavy (non-hydrogen) atoms. The topological polar surface area (TPSA) is 119 Å². The summed E-state index contributed by atoms with van der Waals surface area (Å²) in [6.45, 7) is 2.90. The van der Waals surface area contributed by atoms with Crippen molar-refractivity contribution in [2.75, 3.05) is 45.1 Å². The van der Waals surface area contributed by atoms with Crippen LogP contribution in [0.25, 0.3) is 0 Å². The summed E-state index contributed by atoms with van der Waals surface area (Å²) >= 11 is 0. The monoisotopic (exact) mass is 413 g/mol. The first-order valence-electron chi connectivity index (χ1n) is 9.91. The van der Waals surface area contributed by atoms with Crippen LogP contribution in [0.1, 0.15) is 33.6 Å². The van der Waals surface area contributed by atoms with Gasteiger partial charge in [-0.15, -0.1) is 0 Å². The van der Waals surface area contributed by atoms with Crippen molar-refractivity contribution >= 4 is 35.2 Å². The van der Waals surface area contributed by atoms with E-state index in [1.54, 1.807) is 17.0 Å². The zero-order valence-corrected chi connectivity index (χ0v) is 16.6.